The smallest absolute Gasteiger partial charge is 0.192 e. The molecular weight excluding hydrogens is 341 g/mol. The number of aliphatic imine (C=N–C) groups is 1. The van der Waals surface area contributed by atoms with Gasteiger partial charge in [-0.2, -0.15) is 0 Å². The molecule has 0 radical (unpaired) electrons. The van der Waals surface area contributed by atoms with Gasteiger partial charge >= 0.3 is 0 Å². The molecule has 2 N–H and O–H groups in total. The highest BCUT2D eigenvalue weighted by atomic mass is 127. The average Bonchev–Trinajstić information content (AvgIpc) is 2.37. The Bertz CT molecular complexity index is 321. The van der Waals surface area contributed by atoms with Crippen molar-refractivity contribution in [1.29, 1.82) is 0 Å². The summed E-state index contributed by atoms with van der Waals surface area (Å²) in [6.07, 6.45) is 9.38. The number of nitrogens with zero attached hydrogens (tertiary/aromatic N) is 1. The van der Waals surface area contributed by atoms with Gasteiger partial charge in [-0.1, -0.05) is 17.6 Å². The van der Waals surface area contributed by atoms with Crippen molar-refractivity contribution < 1.29 is 4.74 Å². The van der Waals surface area contributed by atoms with Crippen LogP contribution in [-0.2, 0) is 4.74 Å². The topological polar surface area (TPSA) is 45.7 Å². The Morgan fingerprint density at radius 3 is 3.00 bits per heavy atom. The lowest BCUT2D eigenvalue weighted by Crippen LogP contribution is -2.37. The zero-order valence-electron chi connectivity index (χ0n) is 10.9. The third-order valence-corrected chi connectivity index (χ3v) is 2.46. The van der Waals surface area contributed by atoms with Crippen molar-refractivity contribution in [3.63, 3.8) is 0 Å². The molecule has 0 spiro atoms. The fourth-order valence-electron chi connectivity index (χ4n) is 1.58. The zero-order chi connectivity index (χ0) is 12.3. The highest BCUT2D eigenvalue weighted by Crippen LogP contribution is 2.11. The molecule has 1 aliphatic rings. The summed E-state index contributed by atoms with van der Waals surface area (Å²) in [6.45, 7) is 5.74. The minimum absolute atomic E-state index is 0. The maximum Gasteiger partial charge on any atom is 0.192 e. The molecular formula is C13H22IN3O. The van der Waals surface area contributed by atoms with E-state index < -0.39 is 0 Å². The molecule has 0 aliphatic carbocycles. The maximum atomic E-state index is 5.26. The summed E-state index contributed by atoms with van der Waals surface area (Å²) < 4.78 is 5.26. The van der Waals surface area contributed by atoms with Crippen molar-refractivity contribution in [2.24, 2.45) is 4.99 Å². The summed E-state index contributed by atoms with van der Waals surface area (Å²) in [4.78, 5) is 4.46. The Morgan fingerprint density at radius 1 is 1.56 bits per heavy atom. The van der Waals surface area contributed by atoms with Crippen LogP contribution in [0, 0.1) is 12.3 Å². The molecule has 1 aliphatic heterocycles. The van der Waals surface area contributed by atoms with Crippen LogP contribution in [0.15, 0.2) is 16.6 Å². The van der Waals surface area contributed by atoms with Crippen LogP contribution in [0.25, 0.3) is 0 Å². The van der Waals surface area contributed by atoms with E-state index >= 15 is 0 Å². The Balaban J connectivity index is 0.00000289. The van der Waals surface area contributed by atoms with Crippen LogP contribution in [0.3, 0.4) is 0 Å². The Morgan fingerprint density at radius 2 is 2.39 bits per heavy atom. The normalized spacial score (nSPS) is 15.1. The van der Waals surface area contributed by atoms with E-state index in [0.29, 0.717) is 6.54 Å². The Labute approximate surface area is 127 Å². The SMILES string of the molecule is C#CCNC(=NCCC1=CCOCC1)NCC.I. The lowest BCUT2D eigenvalue weighted by atomic mass is 10.1. The lowest BCUT2D eigenvalue weighted by molar-refractivity contribution is 0.153. The fourth-order valence-corrected chi connectivity index (χ4v) is 1.58. The van der Waals surface area contributed by atoms with E-state index in [1.165, 1.54) is 5.57 Å². The highest BCUT2D eigenvalue weighted by Gasteiger charge is 2.03. The number of rotatable bonds is 5. The van der Waals surface area contributed by atoms with Crippen LogP contribution in [-0.4, -0.2) is 38.8 Å². The molecule has 0 aromatic rings. The molecule has 5 heteroatoms. The lowest BCUT2D eigenvalue weighted by Gasteiger charge is -2.13. The average molecular weight is 363 g/mol. The van der Waals surface area contributed by atoms with E-state index in [1.54, 1.807) is 0 Å². The van der Waals surface area contributed by atoms with Gasteiger partial charge in [-0.15, -0.1) is 30.4 Å². The van der Waals surface area contributed by atoms with Gasteiger partial charge in [0.1, 0.15) is 0 Å². The highest BCUT2D eigenvalue weighted by molar-refractivity contribution is 14.0. The number of nitrogens with one attached hydrogen (secondary N) is 2. The molecule has 0 bridgehead atoms. The zero-order valence-corrected chi connectivity index (χ0v) is 13.2. The quantitative estimate of drug-likeness (QED) is 0.256. The van der Waals surface area contributed by atoms with Gasteiger partial charge in [-0.3, -0.25) is 4.99 Å². The number of ether oxygens (including phenoxy) is 1. The minimum Gasteiger partial charge on any atom is -0.377 e. The third-order valence-electron chi connectivity index (χ3n) is 2.46. The second-order valence-electron chi connectivity index (χ2n) is 3.76. The second-order valence-corrected chi connectivity index (χ2v) is 3.76. The number of halogens is 1. The van der Waals surface area contributed by atoms with Crippen LogP contribution in [0.1, 0.15) is 19.8 Å². The van der Waals surface area contributed by atoms with Gasteiger partial charge < -0.3 is 15.4 Å². The van der Waals surface area contributed by atoms with Gasteiger partial charge in [-0.05, 0) is 19.8 Å². The van der Waals surface area contributed by atoms with Crippen molar-refractivity contribution in [3.05, 3.63) is 11.6 Å². The van der Waals surface area contributed by atoms with E-state index in [0.717, 1.165) is 45.1 Å². The molecule has 0 aromatic heterocycles. The first-order valence-electron chi connectivity index (χ1n) is 6.08. The minimum atomic E-state index is 0. The van der Waals surface area contributed by atoms with Gasteiger partial charge in [0.05, 0.1) is 19.8 Å². The molecule has 18 heavy (non-hydrogen) atoms. The first-order valence-corrected chi connectivity index (χ1v) is 6.08. The molecule has 0 aromatic carbocycles. The largest absolute Gasteiger partial charge is 0.377 e. The monoisotopic (exact) mass is 363 g/mol. The van der Waals surface area contributed by atoms with Gasteiger partial charge in [-0.25, -0.2) is 0 Å². The van der Waals surface area contributed by atoms with Crippen LogP contribution >= 0.6 is 24.0 Å². The molecule has 1 heterocycles. The summed E-state index contributed by atoms with van der Waals surface area (Å²) in [6, 6.07) is 0. The van der Waals surface area contributed by atoms with E-state index in [2.05, 4.69) is 27.6 Å². The van der Waals surface area contributed by atoms with Gasteiger partial charge in [0.15, 0.2) is 5.96 Å². The molecule has 0 unspecified atom stereocenters. The Kier molecular flexibility index (Phi) is 10.9. The molecule has 1 rings (SSSR count). The van der Waals surface area contributed by atoms with Crippen molar-refractivity contribution in [3.8, 4) is 12.3 Å². The van der Waals surface area contributed by atoms with Crippen LogP contribution in [0.4, 0.5) is 0 Å². The van der Waals surface area contributed by atoms with Gasteiger partial charge in [0, 0.05) is 13.1 Å². The van der Waals surface area contributed by atoms with Crippen molar-refractivity contribution >= 4 is 29.9 Å². The number of hydrogen-bond donors (Lipinski definition) is 2. The number of guanidine groups is 1. The molecule has 0 atom stereocenters. The molecule has 0 saturated heterocycles. The van der Waals surface area contributed by atoms with Crippen molar-refractivity contribution in [1.82, 2.24) is 10.6 Å². The maximum absolute atomic E-state index is 5.26. The first-order chi connectivity index (χ1) is 8.36. The number of hydrogen-bond acceptors (Lipinski definition) is 2. The standard InChI is InChI=1S/C13H21N3O.HI/c1-3-8-15-13(14-4-2)16-9-5-12-6-10-17-11-7-12;/h1,6H,4-5,7-11H2,2H3,(H2,14,15,16);1H. The van der Waals surface area contributed by atoms with Gasteiger partial charge in [0.2, 0.25) is 0 Å². The molecule has 0 fully saturated rings. The summed E-state index contributed by atoms with van der Waals surface area (Å²) in [5, 5.41) is 6.22. The van der Waals surface area contributed by atoms with Gasteiger partial charge in [0.25, 0.3) is 0 Å². The summed E-state index contributed by atoms with van der Waals surface area (Å²) in [7, 11) is 0. The molecule has 4 nitrogen and oxygen atoms in total. The molecule has 0 amide bonds. The second kappa shape index (κ2) is 11.4. The Hall–Kier alpha value is -0.740. The van der Waals surface area contributed by atoms with E-state index in [4.69, 9.17) is 11.2 Å². The van der Waals surface area contributed by atoms with Crippen LogP contribution in [0.5, 0.6) is 0 Å². The van der Waals surface area contributed by atoms with Crippen molar-refractivity contribution in [2.45, 2.75) is 19.8 Å². The third kappa shape index (κ3) is 7.56. The van der Waals surface area contributed by atoms with E-state index in [9.17, 15) is 0 Å². The summed E-state index contributed by atoms with van der Waals surface area (Å²) in [5.74, 6) is 3.33. The van der Waals surface area contributed by atoms with Crippen LogP contribution < -0.4 is 10.6 Å². The van der Waals surface area contributed by atoms with Crippen LogP contribution in [0.2, 0.25) is 0 Å². The number of terminal acetylenes is 1. The molecule has 102 valence electrons. The first kappa shape index (κ1) is 17.3. The summed E-state index contributed by atoms with van der Waals surface area (Å²) in [5.41, 5.74) is 1.44. The fraction of sp³-hybridized carbons (Fsp3) is 0.615. The summed E-state index contributed by atoms with van der Waals surface area (Å²) >= 11 is 0. The van der Waals surface area contributed by atoms with E-state index in [1.807, 2.05) is 6.92 Å². The molecule has 0 saturated carbocycles. The predicted octanol–water partition coefficient (Wildman–Crippen LogP) is 1.53. The van der Waals surface area contributed by atoms with Crippen molar-refractivity contribution in [2.75, 3.05) is 32.8 Å². The van der Waals surface area contributed by atoms with E-state index in [-0.39, 0.29) is 24.0 Å². The predicted molar refractivity (Wildman–Crippen MR) is 86.4 cm³/mol.